The number of benzodiazepines with no additional fused rings is 1. The van der Waals surface area contributed by atoms with Crippen LogP contribution in [0, 0.1) is 0 Å². The molecule has 0 aliphatic carbocycles. The second-order valence-corrected chi connectivity index (χ2v) is 7.41. The highest BCUT2D eigenvalue weighted by Crippen LogP contribution is 2.27. The normalized spacial score (nSPS) is 20.1. The maximum atomic E-state index is 13.1. The van der Waals surface area contributed by atoms with Crippen LogP contribution in [0.4, 0.5) is 5.69 Å². The van der Waals surface area contributed by atoms with Gasteiger partial charge in [-0.3, -0.25) is 19.5 Å². The molecule has 2 N–H and O–H groups in total. The number of aliphatic imine (C=N–C) groups is 1. The number of nitrogens with zero attached hydrogens (tertiary/aromatic N) is 4. The zero-order chi connectivity index (χ0) is 20.4. The summed E-state index contributed by atoms with van der Waals surface area (Å²) in [5.41, 5.74) is 9.15. The van der Waals surface area contributed by atoms with Gasteiger partial charge in [0.1, 0.15) is 6.54 Å². The van der Waals surface area contributed by atoms with Crippen LogP contribution in [-0.4, -0.2) is 73.3 Å². The van der Waals surface area contributed by atoms with Crippen LogP contribution in [0.3, 0.4) is 0 Å². The molecule has 2 aromatic rings. The van der Waals surface area contributed by atoms with Gasteiger partial charge < -0.3 is 15.5 Å². The Labute approximate surface area is 170 Å². The molecule has 0 spiro atoms. The molecule has 0 radical (unpaired) electrons. The van der Waals surface area contributed by atoms with Gasteiger partial charge in [-0.25, -0.2) is 0 Å². The molecule has 1 fully saturated rings. The van der Waals surface area contributed by atoms with Gasteiger partial charge in [-0.05, 0) is 13.1 Å². The van der Waals surface area contributed by atoms with Gasteiger partial charge in [0.05, 0.1) is 11.4 Å². The predicted molar refractivity (Wildman–Crippen MR) is 113 cm³/mol. The molecule has 0 saturated carbocycles. The number of carbonyl (C=O) groups excluding carboxylic acids is 2. The standard InChI is InChI=1S/C22H25N5O2/c1-25-11-13-26(14-12-25)19(28)15-27-18-10-6-5-9-17(18)20(24-21(23)22(27)29)16-7-3-2-4-8-16/h2-10,21H,11-15,23H2,1H3. The predicted octanol–water partition coefficient (Wildman–Crippen LogP) is 0.929. The molecule has 0 aromatic heterocycles. The van der Waals surface area contributed by atoms with E-state index in [0.29, 0.717) is 24.5 Å². The zero-order valence-electron chi connectivity index (χ0n) is 16.5. The monoisotopic (exact) mass is 391 g/mol. The van der Waals surface area contributed by atoms with Crippen LogP contribution in [0.15, 0.2) is 59.6 Å². The van der Waals surface area contributed by atoms with Gasteiger partial charge in [-0.1, -0.05) is 48.5 Å². The summed E-state index contributed by atoms with van der Waals surface area (Å²) < 4.78 is 0. The van der Waals surface area contributed by atoms with E-state index < -0.39 is 6.17 Å². The van der Waals surface area contributed by atoms with E-state index in [1.807, 2.05) is 66.5 Å². The Morgan fingerprint density at radius 3 is 2.41 bits per heavy atom. The van der Waals surface area contributed by atoms with E-state index in [0.717, 1.165) is 24.2 Å². The molecule has 0 bridgehead atoms. The van der Waals surface area contributed by atoms with Crippen molar-refractivity contribution in [3.05, 3.63) is 65.7 Å². The number of piperazine rings is 1. The lowest BCUT2D eigenvalue weighted by atomic mass is 10.0. The SMILES string of the molecule is CN1CCN(C(=O)CN2C(=O)C(N)N=C(c3ccccc3)c3ccccc32)CC1. The summed E-state index contributed by atoms with van der Waals surface area (Å²) in [7, 11) is 2.04. The van der Waals surface area contributed by atoms with Crippen LogP contribution < -0.4 is 10.6 Å². The zero-order valence-corrected chi connectivity index (χ0v) is 16.5. The van der Waals surface area contributed by atoms with Crippen molar-refractivity contribution in [1.29, 1.82) is 0 Å². The number of benzene rings is 2. The number of carbonyl (C=O) groups is 2. The van der Waals surface area contributed by atoms with Gasteiger partial charge in [0.15, 0.2) is 6.17 Å². The summed E-state index contributed by atoms with van der Waals surface area (Å²) in [6, 6.07) is 17.2. The molecule has 7 heteroatoms. The Morgan fingerprint density at radius 1 is 1.03 bits per heavy atom. The lowest BCUT2D eigenvalue weighted by molar-refractivity contribution is -0.133. The van der Waals surface area contributed by atoms with Gasteiger partial charge >= 0.3 is 0 Å². The molecule has 2 aliphatic heterocycles. The Kier molecular flexibility index (Phi) is 5.42. The number of rotatable bonds is 3. The second kappa shape index (κ2) is 8.14. The number of hydrogen-bond donors (Lipinski definition) is 1. The highest BCUT2D eigenvalue weighted by Gasteiger charge is 2.32. The highest BCUT2D eigenvalue weighted by atomic mass is 16.2. The van der Waals surface area contributed by atoms with Crippen LogP contribution in [0.25, 0.3) is 0 Å². The molecular weight excluding hydrogens is 366 g/mol. The fourth-order valence-corrected chi connectivity index (χ4v) is 3.73. The van der Waals surface area contributed by atoms with E-state index in [4.69, 9.17) is 5.73 Å². The van der Waals surface area contributed by atoms with E-state index in [-0.39, 0.29) is 18.4 Å². The van der Waals surface area contributed by atoms with Crippen molar-refractivity contribution in [3.63, 3.8) is 0 Å². The van der Waals surface area contributed by atoms with Crippen LogP contribution in [0.5, 0.6) is 0 Å². The minimum atomic E-state index is -1.06. The Hall–Kier alpha value is -3.03. The Morgan fingerprint density at radius 2 is 1.69 bits per heavy atom. The van der Waals surface area contributed by atoms with Crippen molar-refractivity contribution >= 4 is 23.2 Å². The van der Waals surface area contributed by atoms with Crippen molar-refractivity contribution < 1.29 is 9.59 Å². The minimum Gasteiger partial charge on any atom is -0.339 e. The third kappa shape index (κ3) is 3.92. The molecule has 150 valence electrons. The molecule has 1 atom stereocenters. The first kappa shape index (κ1) is 19.3. The smallest absolute Gasteiger partial charge is 0.266 e. The van der Waals surface area contributed by atoms with Crippen LogP contribution >= 0.6 is 0 Å². The van der Waals surface area contributed by atoms with E-state index in [1.165, 1.54) is 4.90 Å². The molecule has 1 unspecified atom stereocenters. The summed E-state index contributed by atoms with van der Waals surface area (Å²) >= 11 is 0. The van der Waals surface area contributed by atoms with Crippen molar-refractivity contribution in [3.8, 4) is 0 Å². The summed E-state index contributed by atoms with van der Waals surface area (Å²) in [6.07, 6.45) is -1.06. The number of likely N-dealkylation sites (N-methyl/N-ethyl adjacent to an activating group) is 1. The van der Waals surface area contributed by atoms with Gasteiger partial charge in [0, 0.05) is 37.3 Å². The summed E-state index contributed by atoms with van der Waals surface area (Å²) in [4.78, 5) is 36.0. The highest BCUT2D eigenvalue weighted by molar-refractivity contribution is 6.20. The summed E-state index contributed by atoms with van der Waals surface area (Å²) in [5, 5.41) is 0. The van der Waals surface area contributed by atoms with Crippen molar-refractivity contribution in [2.24, 2.45) is 10.7 Å². The lowest BCUT2D eigenvalue weighted by Gasteiger charge is -2.34. The Bertz CT molecular complexity index is 935. The van der Waals surface area contributed by atoms with Crippen molar-refractivity contribution in [2.45, 2.75) is 6.17 Å². The molecule has 1 saturated heterocycles. The number of amides is 2. The third-order valence-corrected chi connectivity index (χ3v) is 5.43. The molecule has 4 rings (SSSR count). The number of nitrogens with two attached hydrogens (primary N) is 1. The number of para-hydroxylation sites is 1. The molecule has 2 heterocycles. The van der Waals surface area contributed by atoms with Gasteiger partial charge in [0.2, 0.25) is 5.91 Å². The molecule has 2 amide bonds. The third-order valence-electron chi connectivity index (χ3n) is 5.43. The van der Waals surface area contributed by atoms with E-state index in [9.17, 15) is 9.59 Å². The largest absolute Gasteiger partial charge is 0.339 e. The first-order valence-corrected chi connectivity index (χ1v) is 9.80. The van der Waals surface area contributed by atoms with Crippen LogP contribution in [-0.2, 0) is 9.59 Å². The fourth-order valence-electron chi connectivity index (χ4n) is 3.73. The maximum Gasteiger partial charge on any atom is 0.266 e. The lowest BCUT2D eigenvalue weighted by Crippen LogP contribution is -2.52. The topological polar surface area (TPSA) is 82.2 Å². The molecule has 2 aromatic carbocycles. The number of hydrogen-bond acceptors (Lipinski definition) is 5. The molecular formula is C22H25N5O2. The average Bonchev–Trinajstić information content (AvgIpc) is 2.85. The van der Waals surface area contributed by atoms with E-state index in [2.05, 4.69) is 9.89 Å². The first-order chi connectivity index (χ1) is 14.0. The van der Waals surface area contributed by atoms with E-state index >= 15 is 0 Å². The summed E-state index contributed by atoms with van der Waals surface area (Å²) in [5.74, 6) is -0.442. The van der Waals surface area contributed by atoms with Gasteiger partial charge in [-0.2, -0.15) is 0 Å². The van der Waals surface area contributed by atoms with Crippen LogP contribution in [0.1, 0.15) is 11.1 Å². The quantitative estimate of drug-likeness (QED) is 0.844. The average molecular weight is 391 g/mol. The second-order valence-electron chi connectivity index (χ2n) is 7.41. The first-order valence-electron chi connectivity index (χ1n) is 9.80. The number of fused-ring (bicyclic) bond motifs is 1. The summed E-state index contributed by atoms with van der Waals surface area (Å²) in [6.45, 7) is 2.95. The molecule has 7 nitrogen and oxygen atoms in total. The molecule has 29 heavy (non-hydrogen) atoms. The van der Waals surface area contributed by atoms with E-state index in [1.54, 1.807) is 0 Å². The van der Waals surface area contributed by atoms with Crippen molar-refractivity contribution in [2.75, 3.05) is 44.7 Å². The van der Waals surface area contributed by atoms with Gasteiger partial charge in [0.25, 0.3) is 5.91 Å². The molecule has 2 aliphatic rings. The van der Waals surface area contributed by atoms with Crippen molar-refractivity contribution in [1.82, 2.24) is 9.80 Å². The minimum absolute atomic E-state index is 0.0369. The Balaban J connectivity index is 1.68. The van der Waals surface area contributed by atoms with Crippen LogP contribution in [0.2, 0.25) is 0 Å². The van der Waals surface area contributed by atoms with Gasteiger partial charge in [-0.15, -0.1) is 0 Å². The maximum absolute atomic E-state index is 13.1. The number of anilines is 1. The fraction of sp³-hybridized carbons (Fsp3) is 0.318.